The van der Waals surface area contributed by atoms with Crippen molar-refractivity contribution >= 4 is 28.2 Å². The summed E-state index contributed by atoms with van der Waals surface area (Å²) in [7, 11) is 0. The Morgan fingerprint density at radius 2 is 2.00 bits per heavy atom. The first-order chi connectivity index (χ1) is 14.5. The monoisotopic (exact) mass is 420 g/mol. The highest BCUT2D eigenvalue weighted by Crippen LogP contribution is 2.30. The van der Waals surface area contributed by atoms with E-state index in [0.29, 0.717) is 27.0 Å². The van der Waals surface area contributed by atoms with Crippen LogP contribution < -0.4 is 4.73 Å². The van der Waals surface area contributed by atoms with E-state index in [1.807, 2.05) is 6.07 Å². The molecule has 3 heterocycles. The molecule has 0 atom stereocenters. The van der Waals surface area contributed by atoms with Gasteiger partial charge in [0.05, 0.1) is 5.02 Å². The van der Waals surface area contributed by atoms with Crippen molar-refractivity contribution in [1.29, 1.82) is 5.26 Å². The second-order valence-electron chi connectivity index (χ2n) is 6.52. The third-order valence-electron chi connectivity index (χ3n) is 4.83. The number of halogens is 2. The van der Waals surface area contributed by atoms with Gasteiger partial charge in [0, 0.05) is 12.5 Å². The zero-order valence-corrected chi connectivity index (χ0v) is 16.1. The molecule has 3 aromatic heterocycles. The highest BCUT2D eigenvalue weighted by atomic mass is 35.5. The average Bonchev–Trinajstić information content (AvgIpc) is 3.39. The van der Waals surface area contributed by atoms with Crippen LogP contribution in [0.2, 0.25) is 5.02 Å². The first-order valence-electron chi connectivity index (χ1n) is 8.71. The molecular formula is C20H10ClFN6O2. The van der Waals surface area contributed by atoms with E-state index in [0.717, 1.165) is 0 Å². The number of imidazole rings is 1. The number of nitriles is 1. The lowest BCUT2D eigenvalue weighted by molar-refractivity contribution is -0.583. The van der Waals surface area contributed by atoms with E-state index in [1.54, 1.807) is 23.5 Å². The minimum Gasteiger partial charge on any atom is -0.618 e. The maximum atomic E-state index is 13.2. The molecule has 0 unspecified atom stereocenters. The molecule has 0 saturated heterocycles. The number of hydrogen-bond donors (Lipinski definition) is 0. The second kappa shape index (κ2) is 6.50. The molecular weight excluding hydrogens is 411 g/mol. The van der Waals surface area contributed by atoms with Crippen LogP contribution in [0.15, 0.2) is 47.2 Å². The van der Waals surface area contributed by atoms with Gasteiger partial charge in [0.15, 0.2) is 5.69 Å². The first kappa shape index (κ1) is 18.0. The molecule has 0 aliphatic rings. The smallest absolute Gasteiger partial charge is 0.279 e. The molecule has 0 aliphatic heterocycles. The minimum absolute atomic E-state index is 0.0841. The number of rotatable bonds is 2. The quantitative estimate of drug-likeness (QED) is 0.317. The Kier molecular flexibility index (Phi) is 3.91. The first-order valence-corrected chi connectivity index (χ1v) is 9.09. The highest BCUT2D eigenvalue weighted by Gasteiger charge is 2.26. The lowest BCUT2D eigenvalue weighted by Gasteiger charge is -2.10. The third kappa shape index (κ3) is 2.51. The fraction of sp³-hybridized carbons (Fsp3) is 0.0500. The Bertz CT molecular complexity index is 1500. The maximum Gasteiger partial charge on any atom is 0.279 e. The molecule has 5 aromatic rings. The number of aromatic nitrogens is 5. The number of fused-ring (bicyclic) bond motifs is 3. The summed E-state index contributed by atoms with van der Waals surface area (Å²) in [6, 6.07) is 10.8. The van der Waals surface area contributed by atoms with Crippen LogP contribution in [-0.4, -0.2) is 19.5 Å². The molecule has 10 heteroatoms. The molecule has 2 aromatic carbocycles. The Labute approximate surface area is 173 Å². The van der Waals surface area contributed by atoms with Crippen molar-refractivity contribution in [1.82, 2.24) is 19.5 Å². The van der Waals surface area contributed by atoms with Crippen LogP contribution in [0.5, 0.6) is 0 Å². The van der Waals surface area contributed by atoms with Crippen LogP contribution in [0.4, 0.5) is 4.39 Å². The van der Waals surface area contributed by atoms with Crippen molar-refractivity contribution in [3.8, 4) is 29.0 Å². The molecule has 0 spiro atoms. The highest BCUT2D eigenvalue weighted by molar-refractivity contribution is 6.32. The second-order valence-corrected chi connectivity index (χ2v) is 6.93. The van der Waals surface area contributed by atoms with Gasteiger partial charge in [0.25, 0.3) is 11.4 Å². The number of hydrogen-bond acceptors (Lipinski definition) is 6. The summed E-state index contributed by atoms with van der Waals surface area (Å²) >= 11 is 6.09. The molecule has 0 aliphatic carbocycles. The third-order valence-corrected chi connectivity index (χ3v) is 5.14. The predicted octanol–water partition coefficient (Wildman–Crippen LogP) is 3.81. The van der Waals surface area contributed by atoms with Gasteiger partial charge in [0.2, 0.25) is 11.5 Å². The summed E-state index contributed by atoms with van der Waals surface area (Å²) in [6.07, 6.45) is 1.51. The minimum atomic E-state index is -0.373. The molecule has 0 bridgehead atoms. The van der Waals surface area contributed by atoms with Gasteiger partial charge in [-0.05, 0) is 36.4 Å². The molecule has 8 nitrogen and oxygen atoms in total. The van der Waals surface area contributed by atoms with Gasteiger partial charge in [-0.25, -0.2) is 9.37 Å². The SMILES string of the molecule is Cc1c2c(-c3nc(-c4ccc(F)cc4)no3)ncn2c2ccc(Cl)c(C#N)c2[n+]1[O-]. The fourth-order valence-corrected chi connectivity index (χ4v) is 3.59. The van der Waals surface area contributed by atoms with Gasteiger partial charge >= 0.3 is 0 Å². The predicted molar refractivity (Wildman–Crippen MR) is 105 cm³/mol. The van der Waals surface area contributed by atoms with E-state index < -0.39 is 0 Å². The Morgan fingerprint density at radius 1 is 1.23 bits per heavy atom. The van der Waals surface area contributed by atoms with Crippen LogP contribution in [0, 0.1) is 29.3 Å². The van der Waals surface area contributed by atoms with Gasteiger partial charge in [-0.2, -0.15) is 15.0 Å². The van der Waals surface area contributed by atoms with Gasteiger partial charge in [-0.3, -0.25) is 4.40 Å². The molecule has 146 valence electrons. The summed E-state index contributed by atoms with van der Waals surface area (Å²) in [6.45, 7) is 1.60. The van der Waals surface area contributed by atoms with Crippen LogP contribution >= 0.6 is 11.6 Å². The Morgan fingerprint density at radius 3 is 2.73 bits per heavy atom. The molecule has 0 radical (unpaired) electrons. The van der Waals surface area contributed by atoms with E-state index in [1.165, 1.54) is 30.6 Å². The van der Waals surface area contributed by atoms with E-state index in [4.69, 9.17) is 16.1 Å². The normalized spacial score (nSPS) is 11.3. The lowest BCUT2D eigenvalue weighted by atomic mass is 10.1. The average molecular weight is 421 g/mol. The topological polar surface area (TPSA) is 107 Å². The van der Waals surface area contributed by atoms with Crippen molar-refractivity contribution in [2.45, 2.75) is 6.92 Å². The van der Waals surface area contributed by atoms with Gasteiger partial charge < -0.3 is 9.73 Å². The lowest BCUT2D eigenvalue weighted by Crippen LogP contribution is -2.33. The van der Waals surface area contributed by atoms with Crippen molar-refractivity contribution in [3.05, 3.63) is 70.0 Å². The molecule has 5 rings (SSSR count). The van der Waals surface area contributed by atoms with Gasteiger partial charge in [-0.1, -0.05) is 16.8 Å². The number of aryl methyl sites for hydroxylation is 1. The maximum absolute atomic E-state index is 13.2. The zero-order valence-electron chi connectivity index (χ0n) is 15.3. The molecule has 30 heavy (non-hydrogen) atoms. The fourth-order valence-electron chi connectivity index (χ4n) is 3.39. The number of benzene rings is 2. The largest absolute Gasteiger partial charge is 0.618 e. The molecule has 0 fully saturated rings. The summed E-state index contributed by atoms with van der Waals surface area (Å²) in [5.74, 6) is -0.00575. The summed E-state index contributed by atoms with van der Waals surface area (Å²) < 4.78 is 20.8. The summed E-state index contributed by atoms with van der Waals surface area (Å²) in [5, 5.41) is 26.5. The number of nitrogens with zero attached hydrogens (tertiary/aromatic N) is 6. The Balaban J connectivity index is 1.75. The van der Waals surface area contributed by atoms with Crippen molar-refractivity contribution < 1.29 is 13.6 Å². The van der Waals surface area contributed by atoms with E-state index >= 15 is 0 Å². The Hall–Kier alpha value is -4.03. The van der Waals surface area contributed by atoms with E-state index in [9.17, 15) is 14.9 Å². The van der Waals surface area contributed by atoms with Crippen LogP contribution in [-0.2, 0) is 0 Å². The van der Waals surface area contributed by atoms with Crippen molar-refractivity contribution in [2.24, 2.45) is 0 Å². The van der Waals surface area contributed by atoms with Crippen LogP contribution in [0.3, 0.4) is 0 Å². The molecule has 0 saturated carbocycles. The molecule has 0 amide bonds. The van der Waals surface area contributed by atoms with E-state index in [2.05, 4.69) is 15.1 Å². The van der Waals surface area contributed by atoms with Crippen LogP contribution in [0.1, 0.15) is 11.3 Å². The van der Waals surface area contributed by atoms with Gasteiger partial charge in [0.1, 0.15) is 34.8 Å². The zero-order chi connectivity index (χ0) is 21.0. The van der Waals surface area contributed by atoms with E-state index in [-0.39, 0.29) is 39.3 Å². The van der Waals surface area contributed by atoms with Crippen LogP contribution in [0.25, 0.3) is 39.5 Å². The molecule has 0 N–H and O–H groups in total. The van der Waals surface area contributed by atoms with Gasteiger partial charge in [-0.15, -0.1) is 0 Å². The van der Waals surface area contributed by atoms with Crippen molar-refractivity contribution in [3.63, 3.8) is 0 Å². The summed E-state index contributed by atoms with van der Waals surface area (Å²) in [5.41, 5.74) is 2.33. The van der Waals surface area contributed by atoms with Crippen molar-refractivity contribution in [2.75, 3.05) is 0 Å². The standard InChI is InChI=1S/C20H10ClFN6O2/c1-10-17-16(20-25-19(26-30-20)11-2-4-12(22)5-3-11)24-9-27(17)15-7-6-14(21)13(8-23)18(15)28(10)29/h2-7,9H,1H3. The summed E-state index contributed by atoms with van der Waals surface area (Å²) in [4.78, 5) is 8.70.